The lowest BCUT2D eigenvalue weighted by atomic mass is 10.2. The average Bonchev–Trinajstić information content (AvgIpc) is 3.28. The molecule has 3 aromatic heterocycles. The largest absolute Gasteiger partial charge is 0.463 e. The molecule has 0 saturated carbocycles. The molecule has 0 spiro atoms. The number of aromatic nitrogens is 4. The number of aromatic amines is 1. The summed E-state index contributed by atoms with van der Waals surface area (Å²) in [7, 11) is 0. The number of H-pyrrole nitrogens is 1. The molecule has 1 aromatic carbocycles. The molecule has 0 aliphatic rings. The van der Waals surface area contributed by atoms with E-state index in [0.717, 1.165) is 11.0 Å². The van der Waals surface area contributed by atoms with E-state index >= 15 is 0 Å². The third-order valence-corrected chi connectivity index (χ3v) is 3.60. The van der Waals surface area contributed by atoms with Crippen molar-refractivity contribution in [1.82, 2.24) is 25.3 Å². The second kappa shape index (κ2) is 6.08. The number of carbonyl (C=O) groups excluding carboxylic acids is 1. The highest BCUT2D eigenvalue weighted by atomic mass is 16.3. The number of nitrogens with two attached hydrogens (primary N) is 1. The monoisotopic (exact) mass is 334 g/mol. The lowest BCUT2D eigenvalue weighted by molar-refractivity contribution is 0.0945. The molecule has 0 saturated heterocycles. The number of nitrogen functional groups attached to an aromatic ring is 1. The normalized spacial score (nSPS) is 10.9. The predicted molar refractivity (Wildman–Crippen MR) is 91.4 cm³/mol. The zero-order valence-corrected chi connectivity index (χ0v) is 13.1. The number of nitrogens with one attached hydrogen (secondary N) is 2. The van der Waals surface area contributed by atoms with Crippen molar-refractivity contribution in [2.24, 2.45) is 0 Å². The summed E-state index contributed by atoms with van der Waals surface area (Å²) in [6.45, 7) is 0.244. The number of anilines is 1. The number of carbonyl (C=O) groups is 1. The van der Waals surface area contributed by atoms with Crippen molar-refractivity contribution in [2.45, 2.75) is 6.54 Å². The molecule has 0 bridgehead atoms. The van der Waals surface area contributed by atoms with Gasteiger partial charge in [-0.15, -0.1) is 0 Å². The number of para-hydroxylation sites is 2. The van der Waals surface area contributed by atoms with E-state index in [1.165, 1.54) is 12.3 Å². The Morgan fingerprint density at radius 3 is 2.84 bits per heavy atom. The fraction of sp³-hybridized carbons (Fsp3) is 0.0588. The molecule has 0 atom stereocenters. The first-order valence-electron chi connectivity index (χ1n) is 7.59. The van der Waals surface area contributed by atoms with Gasteiger partial charge in [0.05, 0.1) is 23.8 Å². The van der Waals surface area contributed by atoms with E-state index in [-0.39, 0.29) is 24.1 Å². The summed E-state index contributed by atoms with van der Waals surface area (Å²) in [4.78, 5) is 28.0. The Kier molecular flexibility index (Phi) is 3.62. The van der Waals surface area contributed by atoms with Crippen molar-refractivity contribution in [3.63, 3.8) is 0 Å². The van der Waals surface area contributed by atoms with Crippen molar-refractivity contribution in [3.8, 4) is 11.5 Å². The summed E-state index contributed by atoms with van der Waals surface area (Å²) in [5, 5.41) is 2.77. The fourth-order valence-electron chi connectivity index (χ4n) is 2.48. The molecule has 4 aromatic rings. The Bertz CT molecular complexity index is 1010. The van der Waals surface area contributed by atoms with E-state index in [1.807, 2.05) is 24.3 Å². The van der Waals surface area contributed by atoms with Crippen LogP contribution >= 0.6 is 0 Å². The first kappa shape index (κ1) is 14.9. The summed E-state index contributed by atoms with van der Waals surface area (Å²) < 4.78 is 5.28. The van der Waals surface area contributed by atoms with Crippen LogP contribution in [0.2, 0.25) is 0 Å². The minimum absolute atomic E-state index is 0.00258. The maximum atomic E-state index is 12.4. The molecule has 0 aliphatic heterocycles. The Labute approximate surface area is 142 Å². The van der Waals surface area contributed by atoms with Gasteiger partial charge in [0.1, 0.15) is 17.2 Å². The number of fused-ring (bicyclic) bond motifs is 1. The van der Waals surface area contributed by atoms with Gasteiger partial charge in [-0.1, -0.05) is 12.1 Å². The zero-order chi connectivity index (χ0) is 17.2. The van der Waals surface area contributed by atoms with Gasteiger partial charge >= 0.3 is 0 Å². The van der Waals surface area contributed by atoms with Crippen molar-refractivity contribution < 1.29 is 9.21 Å². The molecule has 4 rings (SSSR count). The molecule has 0 aliphatic carbocycles. The van der Waals surface area contributed by atoms with Crippen LogP contribution in [-0.2, 0) is 6.54 Å². The SMILES string of the molecule is Nc1nc(C(=O)NCc2nc3ccccc3[nH]2)cc(-c2ccco2)n1. The fourth-order valence-corrected chi connectivity index (χ4v) is 2.48. The average molecular weight is 334 g/mol. The highest BCUT2D eigenvalue weighted by molar-refractivity contribution is 5.93. The van der Waals surface area contributed by atoms with Crippen molar-refractivity contribution in [3.05, 3.63) is 60.2 Å². The van der Waals surface area contributed by atoms with E-state index in [9.17, 15) is 4.79 Å². The molecule has 8 heteroatoms. The molecule has 8 nitrogen and oxygen atoms in total. The maximum absolute atomic E-state index is 12.4. The first-order valence-corrected chi connectivity index (χ1v) is 7.59. The van der Waals surface area contributed by atoms with Crippen molar-refractivity contribution >= 4 is 22.9 Å². The topological polar surface area (TPSA) is 123 Å². The number of hydrogen-bond donors (Lipinski definition) is 3. The molecule has 4 N–H and O–H groups in total. The number of nitrogens with zero attached hydrogens (tertiary/aromatic N) is 3. The predicted octanol–water partition coefficient (Wildman–Crippen LogP) is 2.13. The standard InChI is InChI=1S/C17H14N6O2/c18-17-22-12(14-6-3-7-25-14)8-13(23-17)16(24)19-9-15-20-10-4-1-2-5-11(10)21-15/h1-8H,9H2,(H,19,24)(H,20,21)(H2,18,22,23). The second-order valence-electron chi connectivity index (χ2n) is 5.36. The summed E-state index contributed by atoms with van der Waals surface area (Å²) in [5.41, 5.74) is 8.07. The van der Waals surface area contributed by atoms with Gasteiger partial charge in [0.25, 0.3) is 5.91 Å². The number of amides is 1. The molecule has 1 amide bonds. The Balaban J connectivity index is 1.52. The van der Waals surface area contributed by atoms with Crippen LogP contribution in [0.15, 0.2) is 53.1 Å². The van der Waals surface area contributed by atoms with E-state index in [4.69, 9.17) is 10.2 Å². The maximum Gasteiger partial charge on any atom is 0.270 e. The van der Waals surface area contributed by atoms with Gasteiger partial charge in [-0.3, -0.25) is 4.79 Å². The van der Waals surface area contributed by atoms with Gasteiger partial charge < -0.3 is 20.5 Å². The van der Waals surface area contributed by atoms with Crippen LogP contribution in [0.4, 0.5) is 5.95 Å². The van der Waals surface area contributed by atoms with Crippen LogP contribution in [0, 0.1) is 0 Å². The van der Waals surface area contributed by atoms with Gasteiger partial charge in [0.15, 0.2) is 5.76 Å². The summed E-state index contributed by atoms with van der Waals surface area (Å²) >= 11 is 0. The van der Waals surface area contributed by atoms with Crippen LogP contribution < -0.4 is 11.1 Å². The number of hydrogen-bond acceptors (Lipinski definition) is 6. The molecule has 0 radical (unpaired) electrons. The number of rotatable bonds is 4. The van der Waals surface area contributed by atoms with Gasteiger partial charge in [-0.05, 0) is 30.3 Å². The molecular weight excluding hydrogens is 320 g/mol. The molecule has 3 heterocycles. The molecule has 0 fully saturated rings. The van der Waals surface area contributed by atoms with Gasteiger partial charge in [0, 0.05) is 0 Å². The second-order valence-corrected chi connectivity index (χ2v) is 5.36. The third kappa shape index (κ3) is 3.05. The smallest absolute Gasteiger partial charge is 0.270 e. The Morgan fingerprint density at radius 2 is 2.04 bits per heavy atom. The lowest BCUT2D eigenvalue weighted by Crippen LogP contribution is -2.25. The van der Waals surface area contributed by atoms with E-state index < -0.39 is 0 Å². The van der Waals surface area contributed by atoms with Gasteiger partial charge in [-0.2, -0.15) is 0 Å². The number of benzene rings is 1. The Morgan fingerprint density at radius 1 is 1.16 bits per heavy atom. The van der Waals surface area contributed by atoms with Crippen LogP contribution in [0.5, 0.6) is 0 Å². The molecular formula is C17H14N6O2. The zero-order valence-electron chi connectivity index (χ0n) is 13.1. The van der Waals surface area contributed by atoms with Crippen LogP contribution in [-0.4, -0.2) is 25.8 Å². The van der Waals surface area contributed by atoms with Gasteiger partial charge in [0.2, 0.25) is 5.95 Å². The lowest BCUT2D eigenvalue weighted by Gasteiger charge is -2.05. The molecule has 0 unspecified atom stereocenters. The van der Waals surface area contributed by atoms with Crippen molar-refractivity contribution in [1.29, 1.82) is 0 Å². The van der Waals surface area contributed by atoms with Gasteiger partial charge in [-0.25, -0.2) is 15.0 Å². The quantitative estimate of drug-likeness (QED) is 0.525. The van der Waals surface area contributed by atoms with E-state index in [0.29, 0.717) is 17.3 Å². The van der Waals surface area contributed by atoms with E-state index in [2.05, 4.69) is 25.3 Å². The minimum atomic E-state index is -0.373. The first-order chi connectivity index (χ1) is 12.2. The van der Waals surface area contributed by atoms with Crippen LogP contribution in [0.1, 0.15) is 16.3 Å². The van der Waals surface area contributed by atoms with Crippen molar-refractivity contribution in [2.75, 3.05) is 5.73 Å². The molecule has 124 valence electrons. The number of furan rings is 1. The minimum Gasteiger partial charge on any atom is -0.463 e. The highest BCUT2D eigenvalue weighted by Crippen LogP contribution is 2.19. The van der Waals surface area contributed by atoms with Crippen LogP contribution in [0.25, 0.3) is 22.5 Å². The van der Waals surface area contributed by atoms with E-state index in [1.54, 1.807) is 12.1 Å². The summed E-state index contributed by atoms with van der Waals surface area (Å²) in [6.07, 6.45) is 1.52. The third-order valence-electron chi connectivity index (χ3n) is 3.60. The summed E-state index contributed by atoms with van der Waals surface area (Å²) in [6, 6.07) is 12.6. The molecule has 25 heavy (non-hydrogen) atoms. The van der Waals surface area contributed by atoms with Crippen LogP contribution in [0.3, 0.4) is 0 Å². The Hall–Kier alpha value is -3.68. The highest BCUT2D eigenvalue weighted by Gasteiger charge is 2.13. The number of imidazole rings is 1. The summed E-state index contributed by atoms with van der Waals surface area (Å²) in [5.74, 6) is 0.799.